The fourth-order valence-corrected chi connectivity index (χ4v) is 2.31. The maximum Gasteiger partial charge on any atom is 0.123 e. The summed E-state index contributed by atoms with van der Waals surface area (Å²) < 4.78 is 15.1. The molecule has 2 N–H and O–H groups in total. The minimum Gasteiger partial charge on any atom is -0.330 e. The second-order valence-corrected chi connectivity index (χ2v) is 5.52. The van der Waals surface area contributed by atoms with Crippen molar-refractivity contribution in [1.29, 1.82) is 0 Å². The SMILES string of the molecule is CC(C)n1ccc(CC(CN)Cc2cccc(F)c2)n1. The summed E-state index contributed by atoms with van der Waals surface area (Å²) in [6, 6.07) is 9.13. The van der Waals surface area contributed by atoms with Gasteiger partial charge in [-0.2, -0.15) is 5.10 Å². The number of aromatic nitrogens is 2. The lowest BCUT2D eigenvalue weighted by atomic mass is 9.95. The van der Waals surface area contributed by atoms with Crippen LogP contribution in [0.5, 0.6) is 0 Å². The van der Waals surface area contributed by atoms with Crippen molar-refractivity contribution in [1.82, 2.24) is 9.78 Å². The van der Waals surface area contributed by atoms with Gasteiger partial charge in [-0.1, -0.05) is 12.1 Å². The summed E-state index contributed by atoms with van der Waals surface area (Å²) in [6.07, 6.45) is 3.60. The quantitative estimate of drug-likeness (QED) is 0.881. The molecule has 2 rings (SSSR count). The molecular formula is C16H22FN3. The monoisotopic (exact) mass is 275 g/mol. The second kappa shape index (κ2) is 6.66. The van der Waals surface area contributed by atoms with E-state index in [1.54, 1.807) is 12.1 Å². The first-order valence-electron chi connectivity index (χ1n) is 7.07. The summed E-state index contributed by atoms with van der Waals surface area (Å²) in [6.45, 7) is 4.78. The Kier molecular flexibility index (Phi) is 4.90. The summed E-state index contributed by atoms with van der Waals surface area (Å²) in [5.41, 5.74) is 7.88. The molecular weight excluding hydrogens is 253 g/mol. The van der Waals surface area contributed by atoms with Gasteiger partial charge in [0, 0.05) is 12.2 Å². The highest BCUT2D eigenvalue weighted by molar-refractivity contribution is 5.17. The number of nitrogens with zero attached hydrogens (tertiary/aromatic N) is 2. The molecule has 2 aromatic rings. The Morgan fingerprint density at radius 1 is 1.25 bits per heavy atom. The van der Waals surface area contributed by atoms with Crippen molar-refractivity contribution >= 4 is 0 Å². The zero-order chi connectivity index (χ0) is 14.5. The van der Waals surface area contributed by atoms with E-state index in [9.17, 15) is 4.39 Å². The molecule has 0 bridgehead atoms. The van der Waals surface area contributed by atoms with Gasteiger partial charge in [-0.25, -0.2) is 4.39 Å². The second-order valence-electron chi connectivity index (χ2n) is 5.52. The van der Waals surface area contributed by atoms with Gasteiger partial charge in [-0.3, -0.25) is 4.68 Å². The smallest absolute Gasteiger partial charge is 0.123 e. The van der Waals surface area contributed by atoms with E-state index in [1.807, 2.05) is 23.0 Å². The minimum atomic E-state index is -0.192. The molecule has 0 amide bonds. The lowest BCUT2D eigenvalue weighted by Crippen LogP contribution is -2.20. The molecule has 0 aliphatic rings. The zero-order valence-electron chi connectivity index (χ0n) is 12.1. The lowest BCUT2D eigenvalue weighted by Gasteiger charge is -2.13. The van der Waals surface area contributed by atoms with Crippen molar-refractivity contribution < 1.29 is 4.39 Å². The first-order valence-corrected chi connectivity index (χ1v) is 7.07. The van der Waals surface area contributed by atoms with Crippen molar-refractivity contribution in [2.45, 2.75) is 32.7 Å². The summed E-state index contributed by atoms with van der Waals surface area (Å²) >= 11 is 0. The molecule has 1 atom stereocenters. The Hall–Kier alpha value is -1.68. The van der Waals surface area contributed by atoms with Crippen LogP contribution in [-0.2, 0) is 12.8 Å². The van der Waals surface area contributed by atoms with Gasteiger partial charge in [0.1, 0.15) is 5.82 Å². The van der Waals surface area contributed by atoms with Gasteiger partial charge < -0.3 is 5.73 Å². The molecule has 0 aliphatic carbocycles. The average Bonchev–Trinajstić information content (AvgIpc) is 2.87. The van der Waals surface area contributed by atoms with E-state index in [-0.39, 0.29) is 11.7 Å². The predicted molar refractivity (Wildman–Crippen MR) is 79.0 cm³/mol. The van der Waals surface area contributed by atoms with E-state index in [0.29, 0.717) is 12.6 Å². The Labute approximate surface area is 119 Å². The summed E-state index contributed by atoms with van der Waals surface area (Å²) in [5.74, 6) is 0.0923. The van der Waals surface area contributed by atoms with E-state index in [1.165, 1.54) is 6.07 Å². The molecule has 0 saturated carbocycles. The number of hydrogen-bond donors (Lipinski definition) is 1. The maximum absolute atomic E-state index is 13.2. The highest BCUT2D eigenvalue weighted by atomic mass is 19.1. The molecule has 0 fully saturated rings. The van der Waals surface area contributed by atoms with Crippen LogP contribution in [0.1, 0.15) is 31.1 Å². The Balaban J connectivity index is 2.01. The van der Waals surface area contributed by atoms with Gasteiger partial charge in [0.2, 0.25) is 0 Å². The highest BCUT2D eigenvalue weighted by Gasteiger charge is 2.12. The Morgan fingerprint density at radius 2 is 2.05 bits per heavy atom. The maximum atomic E-state index is 13.2. The van der Waals surface area contributed by atoms with Crippen LogP contribution in [-0.4, -0.2) is 16.3 Å². The van der Waals surface area contributed by atoms with Gasteiger partial charge in [0.15, 0.2) is 0 Å². The number of hydrogen-bond acceptors (Lipinski definition) is 2. The third-order valence-electron chi connectivity index (χ3n) is 3.44. The fourth-order valence-electron chi connectivity index (χ4n) is 2.31. The first-order chi connectivity index (χ1) is 9.58. The molecule has 0 spiro atoms. The molecule has 20 heavy (non-hydrogen) atoms. The van der Waals surface area contributed by atoms with Crippen LogP contribution in [0.4, 0.5) is 4.39 Å². The summed E-state index contributed by atoms with van der Waals surface area (Å²) in [4.78, 5) is 0. The lowest BCUT2D eigenvalue weighted by molar-refractivity contribution is 0.496. The molecule has 4 heteroatoms. The molecule has 1 aromatic heterocycles. The van der Waals surface area contributed by atoms with Gasteiger partial charge in [-0.05, 0) is 62.9 Å². The van der Waals surface area contributed by atoms with E-state index >= 15 is 0 Å². The topological polar surface area (TPSA) is 43.8 Å². The van der Waals surface area contributed by atoms with E-state index in [4.69, 9.17) is 5.73 Å². The molecule has 0 radical (unpaired) electrons. The van der Waals surface area contributed by atoms with E-state index in [2.05, 4.69) is 18.9 Å². The van der Waals surface area contributed by atoms with Gasteiger partial charge in [0.05, 0.1) is 5.69 Å². The first kappa shape index (κ1) is 14.7. The van der Waals surface area contributed by atoms with Crippen molar-refractivity contribution in [3.8, 4) is 0 Å². The van der Waals surface area contributed by atoms with Crippen LogP contribution < -0.4 is 5.73 Å². The van der Waals surface area contributed by atoms with Crippen molar-refractivity contribution in [3.05, 3.63) is 53.6 Å². The standard InChI is InChI=1S/C16H22FN3/c1-12(2)20-7-6-16(19-20)10-14(11-18)8-13-4-3-5-15(17)9-13/h3-7,9,12,14H,8,10-11,18H2,1-2H3. The number of nitrogens with two attached hydrogens (primary N) is 1. The third-order valence-corrected chi connectivity index (χ3v) is 3.44. The number of halogens is 1. The van der Waals surface area contributed by atoms with Crippen LogP contribution in [0.3, 0.4) is 0 Å². The Morgan fingerprint density at radius 3 is 2.65 bits per heavy atom. The summed E-state index contributed by atoms with van der Waals surface area (Å²) in [7, 11) is 0. The zero-order valence-corrected chi connectivity index (χ0v) is 12.1. The molecule has 1 heterocycles. The average molecular weight is 275 g/mol. The molecule has 0 saturated heterocycles. The van der Waals surface area contributed by atoms with Crippen LogP contribution in [0.2, 0.25) is 0 Å². The van der Waals surface area contributed by atoms with Crippen molar-refractivity contribution in [2.75, 3.05) is 6.54 Å². The van der Waals surface area contributed by atoms with Crippen LogP contribution >= 0.6 is 0 Å². The van der Waals surface area contributed by atoms with Crippen molar-refractivity contribution in [3.63, 3.8) is 0 Å². The van der Waals surface area contributed by atoms with Gasteiger partial charge in [-0.15, -0.1) is 0 Å². The largest absolute Gasteiger partial charge is 0.330 e. The van der Waals surface area contributed by atoms with Crippen molar-refractivity contribution in [2.24, 2.45) is 11.7 Å². The fraction of sp³-hybridized carbons (Fsp3) is 0.438. The van der Waals surface area contributed by atoms with Crippen LogP contribution in [0.15, 0.2) is 36.5 Å². The van der Waals surface area contributed by atoms with Gasteiger partial charge >= 0.3 is 0 Å². The third kappa shape index (κ3) is 3.90. The molecule has 3 nitrogen and oxygen atoms in total. The number of benzene rings is 1. The predicted octanol–water partition coefficient (Wildman–Crippen LogP) is 2.96. The van der Waals surface area contributed by atoms with E-state index in [0.717, 1.165) is 24.1 Å². The minimum absolute atomic E-state index is 0.192. The van der Waals surface area contributed by atoms with E-state index < -0.39 is 0 Å². The number of rotatable bonds is 6. The van der Waals surface area contributed by atoms with Crippen LogP contribution in [0.25, 0.3) is 0 Å². The highest BCUT2D eigenvalue weighted by Crippen LogP contribution is 2.15. The normalized spacial score (nSPS) is 12.8. The molecule has 1 aromatic carbocycles. The summed E-state index contributed by atoms with van der Waals surface area (Å²) in [5, 5.41) is 4.54. The molecule has 108 valence electrons. The van der Waals surface area contributed by atoms with Gasteiger partial charge in [0.25, 0.3) is 0 Å². The van der Waals surface area contributed by atoms with Crippen LogP contribution in [0, 0.1) is 11.7 Å². The molecule has 0 aliphatic heterocycles. The molecule has 1 unspecified atom stereocenters. The Bertz CT molecular complexity index is 548.